The van der Waals surface area contributed by atoms with E-state index in [9.17, 15) is 0 Å². The van der Waals surface area contributed by atoms with Crippen LogP contribution in [0.2, 0.25) is 0 Å². The SMILES string of the molecule is Cc1nc(N2CCOCC2)cc(N(C)C(C)CN)n1. The molecule has 0 aliphatic carbocycles. The van der Waals surface area contributed by atoms with Gasteiger partial charge in [0.25, 0.3) is 0 Å². The number of hydrogen-bond acceptors (Lipinski definition) is 6. The lowest BCUT2D eigenvalue weighted by Gasteiger charge is -2.30. The predicted molar refractivity (Wildman–Crippen MR) is 76.7 cm³/mol. The largest absolute Gasteiger partial charge is 0.378 e. The number of aryl methyl sites for hydroxylation is 1. The zero-order chi connectivity index (χ0) is 13.8. The number of rotatable bonds is 4. The lowest BCUT2D eigenvalue weighted by molar-refractivity contribution is 0.122. The van der Waals surface area contributed by atoms with Crippen molar-refractivity contribution in [3.8, 4) is 0 Å². The Kier molecular flexibility index (Phi) is 4.55. The zero-order valence-electron chi connectivity index (χ0n) is 12.0. The summed E-state index contributed by atoms with van der Waals surface area (Å²) in [5.74, 6) is 2.68. The van der Waals surface area contributed by atoms with Gasteiger partial charge in [0, 0.05) is 38.8 Å². The Morgan fingerprint density at radius 3 is 2.74 bits per heavy atom. The van der Waals surface area contributed by atoms with Crippen LogP contribution in [0.3, 0.4) is 0 Å². The van der Waals surface area contributed by atoms with Crippen molar-refractivity contribution in [1.29, 1.82) is 0 Å². The van der Waals surface area contributed by atoms with Crippen molar-refractivity contribution >= 4 is 11.6 Å². The lowest BCUT2D eigenvalue weighted by atomic mass is 10.3. The molecule has 0 spiro atoms. The molecule has 0 bridgehead atoms. The van der Waals surface area contributed by atoms with Crippen molar-refractivity contribution < 1.29 is 4.74 Å². The molecule has 1 aliphatic rings. The second-order valence-electron chi connectivity index (χ2n) is 4.93. The molecule has 0 amide bonds. The maximum Gasteiger partial charge on any atom is 0.134 e. The third kappa shape index (κ3) is 3.33. The molecule has 1 aromatic rings. The molecular weight excluding hydrogens is 242 g/mol. The fourth-order valence-corrected chi connectivity index (χ4v) is 2.06. The van der Waals surface area contributed by atoms with Crippen LogP contribution >= 0.6 is 0 Å². The molecule has 1 fully saturated rings. The van der Waals surface area contributed by atoms with Gasteiger partial charge >= 0.3 is 0 Å². The second kappa shape index (κ2) is 6.16. The summed E-state index contributed by atoms with van der Waals surface area (Å²) < 4.78 is 5.37. The maximum atomic E-state index is 5.72. The smallest absolute Gasteiger partial charge is 0.134 e. The zero-order valence-corrected chi connectivity index (χ0v) is 12.0. The first-order valence-electron chi connectivity index (χ1n) is 6.73. The van der Waals surface area contributed by atoms with Crippen LogP contribution in [0.15, 0.2) is 6.07 Å². The van der Waals surface area contributed by atoms with Crippen molar-refractivity contribution in [2.75, 3.05) is 49.7 Å². The standard InChI is InChI=1S/C13H23N5O/c1-10(9-14)17(3)12-8-13(16-11(2)15-12)18-4-6-19-7-5-18/h8,10H,4-7,9,14H2,1-3H3. The molecule has 6 heteroatoms. The van der Waals surface area contributed by atoms with Crippen LogP contribution in [0.25, 0.3) is 0 Å². The molecule has 19 heavy (non-hydrogen) atoms. The summed E-state index contributed by atoms with van der Waals surface area (Å²) in [4.78, 5) is 13.4. The molecule has 106 valence electrons. The van der Waals surface area contributed by atoms with Crippen LogP contribution in [0.4, 0.5) is 11.6 Å². The van der Waals surface area contributed by atoms with Crippen LogP contribution in [-0.4, -0.2) is 55.9 Å². The van der Waals surface area contributed by atoms with Crippen molar-refractivity contribution in [3.05, 3.63) is 11.9 Å². The fraction of sp³-hybridized carbons (Fsp3) is 0.692. The summed E-state index contributed by atoms with van der Waals surface area (Å²) >= 11 is 0. The van der Waals surface area contributed by atoms with Crippen molar-refractivity contribution in [2.24, 2.45) is 5.73 Å². The molecule has 0 radical (unpaired) electrons. The number of ether oxygens (including phenoxy) is 1. The summed E-state index contributed by atoms with van der Waals surface area (Å²) in [5, 5.41) is 0. The first-order valence-corrected chi connectivity index (χ1v) is 6.73. The average Bonchev–Trinajstić information content (AvgIpc) is 2.46. The topological polar surface area (TPSA) is 67.5 Å². The van der Waals surface area contributed by atoms with E-state index in [2.05, 4.69) is 26.7 Å². The van der Waals surface area contributed by atoms with Gasteiger partial charge < -0.3 is 20.3 Å². The molecule has 0 saturated carbocycles. The number of hydrogen-bond donors (Lipinski definition) is 1. The molecule has 2 rings (SSSR count). The van der Waals surface area contributed by atoms with Crippen molar-refractivity contribution in [3.63, 3.8) is 0 Å². The second-order valence-corrected chi connectivity index (χ2v) is 4.93. The van der Waals surface area contributed by atoms with Gasteiger partial charge in [-0.25, -0.2) is 9.97 Å². The van der Waals surface area contributed by atoms with Crippen molar-refractivity contribution in [1.82, 2.24) is 9.97 Å². The Hall–Kier alpha value is -1.40. The highest BCUT2D eigenvalue weighted by atomic mass is 16.5. The number of morpholine rings is 1. The van der Waals surface area contributed by atoms with E-state index in [1.54, 1.807) is 0 Å². The predicted octanol–water partition coefficient (Wildman–Crippen LogP) is 0.405. The normalized spacial score (nSPS) is 17.4. The molecule has 1 unspecified atom stereocenters. The first-order chi connectivity index (χ1) is 9.11. The number of likely N-dealkylation sites (N-methyl/N-ethyl adjacent to an activating group) is 1. The number of nitrogens with two attached hydrogens (primary N) is 1. The van der Waals surface area contributed by atoms with Gasteiger partial charge in [-0.3, -0.25) is 0 Å². The van der Waals surface area contributed by atoms with Crippen LogP contribution in [-0.2, 0) is 4.74 Å². The highest BCUT2D eigenvalue weighted by Gasteiger charge is 2.16. The number of anilines is 2. The van der Waals surface area contributed by atoms with Crippen LogP contribution < -0.4 is 15.5 Å². The molecular formula is C13H23N5O. The van der Waals surface area contributed by atoms with Gasteiger partial charge in [-0.05, 0) is 13.8 Å². The monoisotopic (exact) mass is 265 g/mol. The van der Waals surface area contributed by atoms with E-state index >= 15 is 0 Å². The average molecular weight is 265 g/mol. The number of nitrogens with zero attached hydrogens (tertiary/aromatic N) is 4. The van der Waals surface area contributed by atoms with Crippen molar-refractivity contribution in [2.45, 2.75) is 19.9 Å². The molecule has 2 heterocycles. The highest BCUT2D eigenvalue weighted by Crippen LogP contribution is 2.20. The Balaban J connectivity index is 2.23. The molecule has 1 saturated heterocycles. The van der Waals surface area contributed by atoms with Gasteiger partial charge in [0.1, 0.15) is 17.5 Å². The third-order valence-corrected chi connectivity index (χ3v) is 3.51. The molecule has 6 nitrogen and oxygen atoms in total. The van der Waals surface area contributed by atoms with Crippen LogP contribution in [0.1, 0.15) is 12.7 Å². The fourth-order valence-electron chi connectivity index (χ4n) is 2.06. The minimum atomic E-state index is 0.256. The molecule has 1 aliphatic heterocycles. The van der Waals surface area contributed by atoms with Gasteiger partial charge in [-0.1, -0.05) is 0 Å². The Labute approximate surface area is 114 Å². The van der Waals surface area contributed by atoms with E-state index < -0.39 is 0 Å². The Morgan fingerprint density at radius 1 is 1.42 bits per heavy atom. The molecule has 0 aromatic carbocycles. The summed E-state index contributed by atoms with van der Waals surface area (Å²) in [6, 6.07) is 2.29. The van der Waals surface area contributed by atoms with Crippen LogP contribution in [0.5, 0.6) is 0 Å². The van der Waals surface area contributed by atoms with E-state index in [-0.39, 0.29) is 6.04 Å². The van der Waals surface area contributed by atoms with E-state index in [0.29, 0.717) is 6.54 Å². The van der Waals surface area contributed by atoms with E-state index in [1.807, 2.05) is 20.0 Å². The lowest BCUT2D eigenvalue weighted by Crippen LogP contribution is -2.38. The summed E-state index contributed by atoms with van der Waals surface area (Å²) in [5.41, 5.74) is 5.72. The van der Waals surface area contributed by atoms with Gasteiger partial charge in [0.2, 0.25) is 0 Å². The van der Waals surface area contributed by atoms with E-state index in [0.717, 1.165) is 43.8 Å². The quantitative estimate of drug-likeness (QED) is 0.850. The molecule has 1 aromatic heterocycles. The number of aromatic nitrogens is 2. The molecule has 1 atom stereocenters. The van der Waals surface area contributed by atoms with Gasteiger partial charge in [0.05, 0.1) is 13.2 Å². The van der Waals surface area contributed by atoms with E-state index in [4.69, 9.17) is 10.5 Å². The maximum absolute atomic E-state index is 5.72. The first kappa shape index (κ1) is 14.0. The minimum Gasteiger partial charge on any atom is -0.378 e. The Morgan fingerprint density at radius 2 is 2.11 bits per heavy atom. The summed E-state index contributed by atoms with van der Waals surface area (Å²) in [6.07, 6.45) is 0. The summed E-state index contributed by atoms with van der Waals surface area (Å²) in [6.45, 7) is 7.89. The van der Waals surface area contributed by atoms with Gasteiger partial charge in [-0.2, -0.15) is 0 Å². The third-order valence-electron chi connectivity index (χ3n) is 3.51. The van der Waals surface area contributed by atoms with E-state index in [1.165, 1.54) is 0 Å². The van der Waals surface area contributed by atoms with Crippen LogP contribution in [0, 0.1) is 6.92 Å². The van der Waals surface area contributed by atoms with Gasteiger partial charge in [-0.15, -0.1) is 0 Å². The highest BCUT2D eigenvalue weighted by molar-refractivity contribution is 5.51. The Bertz CT molecular complexity index is 399. The molecule has 2 N–H and O–H groups in total. The minimum absolute atomic E-state index is 0.256. The summed E-state index contributed by atoms with van der Waals surface area (Å²) in [7, 11) is 2.02. The van der Waals surface area contributed by atoms with Gasteiger partial charge in [0.15, 0.2) is 0 Å².